The minimum Gasteiger partial charge on any atom is -0.316 e. The summed E-state index contributed by atoms with van der Waals surface area (Å²) in [5, 5.41) is 13.2. The zero-order chi connectivity index (χ0) is 16.5. The van der Waals surface area contributed by atoms with E-state index in [-0.39, 0.29) is 10.6 Å². The van der Waals surface area contributed by atoms with E-state index in [0.717, 1.165) is 16.6 Å². The Labute approximate surface area is 138 Å². The highest BCUT2D eigenvalue weighted by Crippen LogP contribution is 2.29. The van der Waals surface area contributed by atoms with Crippen molar-refractivity contribution < 1.29 is 4.92 Å². The standard InChI is InChI=1S/C20H14N2O2/c23-22(24)16-11-9-15(10-12-16)13-14-21-19-7-3-1-5-17(19)18-6-2-4-8-20(18)21/h1-14H/b14-13+. The molecule has 116 valence electrons. The number of non-ortho nitro benzene ring substituents is 1. The van der Waals surface area contributed by atoms with Gasteiger partial charge in [0.1, 0.15) is 0 Å². The highest BCUT2D eigenvalue weighted by Gasteiger charge is 2.07. The molecule has 0 aliphatic carbocycles. The van der Waals surface area contributed by atoms with Gasteiger partial charge in [-0.15, -0.1) is 0 Å². The van der Waals surface area contributed by atoms with Gasteiger partial charge in [-0.1, -0.05) is 36.4 Å². The molecule has 0 saturated carbocycles. The van der Waals surface area contributed by atoms with Gasteiger partial charge in [-0.25, -0.2) is 0 Å². The molecule has 0 saturated heterocycles. The molecule has 4 heteroatoms. The predicted molar refractivity (Wildman–Crippen MR) is 97.8 cm³/mol. The van der Waals surface area contributed by atoms with E-state index in [1.807, 2.05) is 36.5 Å². The number of rotatable bonds is 3. The van der Waals surface area contributed by atoms with Crippen LogP contribution in [0.1, 0.15) is 5.56 Å². The molecule has 24 heavy (non-hydrogen) atoms. The van der Waals surface area contributed by atoms with E-state index in [2.05, 4.69) is 28.8 Å². The van der Waals surface area contributed by atoms with Crippen LogP contribution < -0.4 is 0 Å². The first kappa shape index (κ1) is 14.2. The number of nitro benzene ring substituents is 1. The van der Waals surface area contributed by atoms with Crippen LogP contribution >= 0.6 is 0 Å². The van der Waals surface area contributed by atoms with Gasteiger partial charge in [0.2, 0.25) is 0 Å². The van der Waals surface area contributed by atoms with Gasteiger partial charge in [-0.2, -0.15) is 0 Å². The van der Waals surface area contributed by atoms with Crippen molar-refractivity contribution in [2.75, 3.05) is 0 Å². The molecule has 0 bridgehead atoms. The molecule has 0 unspecified atom stereocenters. The first-order valence-electron chi connectivity index (χ1n) is 7.64. The summed E-state index contributed by atoms with van der Waals surface area (Å²) in [7, 11) is 0. The molecule has 0 aliphatic rings. The quantitative estimate of drug-likeness (QED) is 0.379. The van der Waals surface area contributed by atoms with Gasteiger partial charge >= 0.3 is 0 Å². The average molecular weight is 314 g/mol. The van der Waals surface area contributed by atoms with Crippen molar-refractivity contribution in [1.29, 1.82) is 0 Å². The third-order valence-corrected chi connectivity index (χ3v) is 4.14. The highest BCUT2D eigenvalue weighted by molar-refractivity contribution is 6.09. The Bertz CT molecular complexity index is 1020. The maximum absolute atomic E-state index is 10.7. The van der Waals surface area contributed by atoms with Crippen molar-refractivity contribution >= 4 is 39.8 Å². The number of benzene rings is 3. The van der Waals surface area contributed by atoms with Gasteiger partial charge in [0.25, 0.3) is 5.69 Å². The molecule has 1 heterocycles. The fourth-order valence-corrected chi connectivity index (χ4v) is 2.98. The van der Waals surface area contributed by atoms with E-state index >= 15 is 0 Å². The van der Waals surface area contributed by atoms with Crippen molar-refractivity contribution in [3.63, 3.8) is 0 Å². The van der Waals surface area contributed by atoms with Crippen molar-refractivity contribution in [3.8, 4) is 0 Å². The summed E-state index contributed by atoms with van der Waals surface area (Å²) in [4.78, 5) is 10.3. The molecule has 4 aromatic rings. The van der Waals surface area contributed by atoms with Gasteiger partial charge < -0.3 is 4.57 Å². The predicted octanol–water partition coefficient (Wildman–Crippen LogP) is 5.33. The smallest absolute Gasteiger partial charge is 0.269 e. The Morgan fingerprint density at radius 3 is 1.88 bits per heavy atom. The molecule has 0 spiro atoms. The molecular formula is C20H14N2O2. The molecule has 0 fully saturated rings. The van der Waals surface area contributed by atoms with Crippen molar-refractivity contribution in [2.24, 2.45) is 0 Å². The molecule has 4 rings (SSSR count). The molecule has 1 aromatic heterocycles. The first-order valence-corrected chi connectivity index (χ1v) is 7.64. The topological polar surface area (TPSA) is 48.1 Å². The number of para-hydroxylation sites is 2. The van der Waals surface area contributed by atoms with Crippen molar-refractivity contribution in [3.05, 3.63) is 88.5 Å². The number of hydrogen-bond donors (Lipinski definition) is 0. The Morgan fingerprint density at radius 2 is 1.33 bits per heavy atom. The number of nitrogens with zero attached hydrogens (tertiary/aromatic N) is 2. The first-order chi connectivity index (χ1) is 11.7. The Morgan fingerprint density at radius 1 is 0.792 bits per heavy atom. The van der Waals surface area contributed by atoms with Crippen LogP contribution in [0.25, 0.3) is 34.1 Å². The van der Waals surface area contributed by atoms with Gasteiger partial charge in [0.05, 0.1) is 16.0 Å². The third kappa shape index (κ3) is 2.34. The maximum Gasteiger partial charge on any atom is 0.269 e. The lowest BCUT2D eigenvalue weighted by Crippen LogP contribution is -1.87. The Balaban J connectivity index is 1.82. The molecule has 3 aromatic carbocycles. The fraction of sp³-hybridized carbons (Fsp3) is 0. The molecule has 4 nitrogen and oxygen atoms in total. The zero-order valence-electron chi connectivity index (χ0n) is 12.8. The summed E-state index contributed by atoms with van der Waals surface area (Å²) in [6.45, 7) is 0. The second kappa shape index (κ2) is 5.66. The molecule has 0 aliphatic heterocycles. The number of hydrogen-bond acceptors (Lipinski definition) is 2. The van der Waals surface area contributed by atoms with Crippen molar-refractivity contribution in [2.45, 2.75) is 0 Å². The Hall–Kier alpha value is -3.40. The van der Waals surface area contributed by atoms with E-state index in [9.17, 15) is 10.1 Å². The molecule has 0 radical (unpaired) electrons. The largest absolute Gasteiger partial charge is 0.316 e. The fourth-order valence-electron chi connectivity index (χ4n) is 2.98. The van der Waals surface area contributed by atoms with Crippen LogP contribution in [0, 0.1) is 10.1 Å². The molecule has 0 N–H and O–H groups in total. The second-order valence-corrected chi connectivity index (χ2v) is 5.57. The number of fused-ring (bicyclic) bond motifs is 3. The lowest BCUT2D eigenvalue weighted by Gasteiger charge is -2.00. The van der Waals surface area contributed by atoms with Gasteiger partial charge in [-0.05, 0) is 35.9 Å². The molecular weight excluding hydrogens is 300 g/mol. The van der Waals surface area contributed by atoms with E-state index in [1.165, 1.54) is 22.9 Å². The second-order valence-electron chi connectivity index (χ2n) is 5.57. The van der Waals surface area contributed by atoms with Crippen LogP contribution in [0.5, 0.6) is 0 Å². The molecule has 0 atom stereocenters. The summed E-state index contributed by atoms with van der Waals surface area (Å²) in [5.41, 5.74) is 3.29. The van der Waals surface area contributed by atoms with E-state index < -0.39 is 0 Å². The summed E-state index contributed by atoms with van der Waals surface area (Å²) in [6, 6.07) is 23.1. The van der Waals surface area contributed by atoms with Gasteiger partial charge in [0.15, 0.2) is 0 Å². The SMILES string of the molecule is O=[N+]([O-])c1ccc(/C=C/n2c3ccccc3c3ccccc32)cc1. The highest BCUT2D eigenvalue weighted by atomic mass is 16.6. The van der Waals surface area contributed by atoms with Crippen LogP contribution in [0.3, 0.4) is 0 Å². The maximum atomic E-state index is 10.7. The minimum atomic E-state index is -0.388. The third-order valence-electron chi connectivity index (χ3n) is 4.14. The van der Waals surface area contributed by atoms with Crippen LogP contribution in [0.4, 0.5) is 5.69 Å². The van der Waals surface area contributed by atoms with Crippen LogP contribution in [-0.2, 0) is 0 Å². The summed E-state index contributed by atoms with van der Waals surface area (Å²) in [5.74, 6) is 0. The summed E-state index contributed by atoms with van der Waals surface area (Å²) < 4.78 is 2.14. The van der Waals surface area contributed by atoms with Gasteiger partial charge in [-0.3, -0.25) is 10.1 Å². The monoisotopic (exact) mass is 314 g/mol. The normalized spacial score (nSPS) is 11.5. The van der Waals surface area contributed by atoms with E-state index in [1.54, 1.807) is 12.1 Å². The minimum absolute atomic E-state index is 0.101. The Kier molecular flexibility index (Phi) is 3.35. The molecule has 0 amide bonds. The average Bonchev–Trinajstić information content (AvgIpc) is 2.94. The lowest BCUT2D eigenvalue weighted by molar-refractivity contribution is -0.384. The van der Waals surface area contributed by atoms with Crippen LogP contribution in [-0.4, -0.2) is 9.49 Å². The van der Waals surface area contributed by atoms with E-state index in [0.29, 0.717) is 0 Å². The van der Waals surface area contributed by atoms with Crippen molar-refractivity contribution in [1.82, 2.24) is 4.57 Å². The summed E-state index contributed by atoms with van der Waals surface area (Å²) >= 11 is 0. The van der Waals surface area contributed by atoms with E-state index in [4.69, 9.17) is 0 Å². The summed E-state index contributed by atoms with van der Waals surface area (Å²) in [6.07, 6.45) is 3.97. The zero-order valence-corrected chi connectivity index (χ0v) is 12.8. The number of aromatic nitrogens is 1. The van der Waals surface area contributed by atoms with Gasteiger partial charge in [0, 0.05) is 29.1 Å². The number of nitro groups is 1. The lowest BCUT2D eigenvalue weighted by atomic mass is 10.2. The van der Waals surface area contributed by atoms with Crippen LogP contribution in [0.15, 0.2) is 72.8 Å². The van der Waals surface area contributed by atoms with Crippen LogP contribution in [0.2, 0.25) is 0 Å².